The van der Waals surface area contributed by atoms with Crippen molar-refractivity contribution in [2.45, 2.75) is 45.6 Å². The number of hydrogen-bond acceptors (Lipinski definition) is 4. The summed E-state index contributed by atoms with van der Waals surface area (Å²) in [7, 11) is 0. The van der Waals surface area contributed by atoms with Crippen molar-refractivity contribution in [2.75, 3.05) is 6.61 Å². The molecular weight excluding hydrogens is 424 g/mol. The fourth-order valence-electron chi connectivity index (χ4n) is 6.01. The van der Waals surface area contributed by atoms with Gasteiger partial charge in [0.25, 0.3) is 0 Å². The standard InChI is InChI=1S/C27H31ClO4/c1-17-4-11-23-26(2,13-12-24(30)27(23,3)16-29)22(17)10-7-19-15-21(32-25(19)31)14-18-5-8-20(28)9-6-18/h5-10,14-15,22-24,29-30H,1,4,11-13,16H2,2-3H3/b10-7+,21-14-/t22-,23+,24-,26+,27+/m1/s1. The molecule has 3 aliphatic rings. The second-order valence-corrected chi connectivity index (χ2v) is 10.3. The Morgan fingerprint density at radius 1 is 1.25 bits per heavy atom. The summed E-state index contributed by atoms with van der Waals surface area (Å²) in [4.78, 5) is 12.4. The van der Waals surface area contributed by atoms with Crippen LogP contribution in [0.1, 0.15) is 45.1 Å². The van der Waals surface area contributed by atoms with Gasteiger partial charge in [0.2, 0.25) is 0 Å². The topological polar surface area (TPSA) is 66.8 Å². The molecular formula is C27H31ClO4. The quantitative estimate of drug-likeness (QED) is 0.468. The molecule has 4 nitrogen and oxygen atoms in total. The van der Waals surface area contributed by atoms with Gasteiger partial charge in [-0.15, -0.1) is 0 Å². The molecule has 1 heterocycles. The number of carbonyl (C=O) groups is 1. The first kappa shape index (κ1) is 23.0. The van der Waals surface area contributed by atoms with Crippen LogP contribution in [0, 0.1) is 22.7 Å². The van der Waals surface area contributed by atoms with E-state index in [1.54, 1.807) is 24.3 Å². The van der Waals surface area contributed by atoms with Gasteiger partial charge in [-0.3, -0.25) is 0 Å². The van der Waals surface area contributed by atoms with Crippen LogP contribution in [0.2, 0.25) is 5.02 Å². The number of esters is 1. The third-order valence-corrected chi connectivity index (χ3v) is 8.20. The van der Waals surface area contributed by atoms with Crippen molar-refractivity contribution < 1.29 is 19.7 Å². The summed E-state index contributed by atoms with van der Waals surface area (Å²) in [6.07, 6.45) is 10.2. The van der Waals surface area contributed by atoms with Crippen LogP contribution in [0.4, 0.5) is 0 Å². The number of hydrogen-bond donors (Lipinski definition) is 2. The lowest BCUT2D eigenvalue weighted by molar-refractivity contribution is -0.145. The molecule has 0 saturated heterocycles. The predicted molar refractivity (Wildman–Crippen MR) is 127 cm³/mol. The van der Waals surface area contributed by atoms with E-state index < -0.39 is 11.5 Å². The van der Waals surface area contributed by atoms with Crippen LogP contribution in [0.5, 0.6) is 0 Å². The van der Waals surface area contributed by atoms with Crippen molar-refractivity contribution in [3.05, 3.63) is 76.6 Å². The predicted octanol–water partition coefficient (Wildman–Crippen LogP) is 5.46. The lowest BCUT2D eigenvalue weighted by Gasteiger charge is -2.59. The van der Waals surface area contributed by atoms with Gasteiger partial charge in [0.15, 0.2) is 0 Å². The second-order valence-electron chi connectivity index (χ2n) is 9.90. The van der Waals surface area contributed by atoms with E-state index in [9.17, 15) is 15.0 Å². The lowest BCUT2D eigenvalue weighted by Crippen LogP contribution is -2.57. The molecule has 2 N–H and O–H groups in total. The molecule has 0 spiro atoms. The summed E-state index contributed by atoms with van der Waals surface area (Å²) in [6.45, 7) is 8.54. The fourth-order valence-corrected chi connectivity index (χ4v) is 6.14. The Kier molecular flexibility index (Phi) is 6.23. The molecule has 0 radical (unpaired) electrons. The number of benzene rings is 1. The van der Waals surface area contributed by atoms with Crippen molar-refractivity contribution in [3.8, 4) is 0 Å². The highest BCUT2D eigenvalue weighted by Gasteiger charge is 2.57. The van der Waals surface area contributed by atoms with E-state index in [2.05, 4.69) is 19.6 Å². The summed E-state index contributed by atoms with van der Waals surface area (Å²) >= 11 is 5.93. The molecule has 4 rings (SSSR count). The SMILES string of the molecule is C=C1CC[C@@H]2[C@](C)(CO)[C@H](O)CC[C@@]2(C)[C@@H]1/C=C/C1=CC(=C/c2ccc(Cl)cc2)/OC1=O. The van der Waals surface area contributed by atoms with Gasteiger partial charge in [0, 0.05) is 16.4 Å². The maximum atomic E-state index is 12.4. The Bertz CT molecular complexity index is 1000. The van der Waals surface area contributed by atoms with Gasteiger partial charge < -0.3 is 14.9 Å². The Morgan fingerprint density at radius 2 is 1.97 bits per heavy atom. The Balaban J connectivity index is 1.59. The molecule has 5 atom stereocenters. The van der Waals surface area contributed by atoms with Gasteiger partial charge in [-0.25, -0.2) is 4.79 Å². The highest BCUT2D eigenvalue weighted by Crippen LogP contribution is 2.61. The first-order valence-corrected chi connectivity index (χ1v) is 11.6. The number of ether oxygens (including phenoxy) is 1. The minimum Gasteiger partial charge on any atom is -0.423 e. The fraction of sp³-hybridized carbons (Fsp3) is 0.444. The van der Waals surface area contributed by atoms with Crippen LogP contribution >= 0.6 is 11.6 Å². The van der Waals surface area contributed by atoms with Gasteiger partial charge >= 0.3 is 5.97 Å². The first-order chi connectivity index (χ1) is 15.2. The number of aliphatic hydroxyl groups excluding tert-OH is 2. The van der Waals surface area contributed by atoms with Gasteiger partial charge in [-0.05, 0) is 66.9 Å². The van der Waals surface area contributed by atoms with Crippen molar-refractivity contribution in [2.24, 2.45) is 22.7 Å². The summed E-state index contributed by atoms with van der Waals surface area (Å²) in [6, 6.07) is 7.33. The number of halogens is 1. The second kappa shape index (κ2) is 8.66. The largest absolute Gasteiger partial charge is 0.423 e. The van der Waals surface area contributed by atoms with E-state index in [1.807, 2.05) is 25.1 Å². The monoisotopic (exact) mass is 454 g/mol. The summed E-state index contributed by atoms with van der Waals surface area (Å²) in [5.41, 5.74) is 1.89. The summed E-state index contributed by atoms with van der Waals surface area (Å²) in [5, 5.41) is 21.5. The van der Waals surface area contributed by atoms with Crippen molar-refractivity contribution in [3.63, 3.8) is 0 Å². The Morgan fingerprint density at radius 3 is 2.66 bits per heavy atom. The van der Waals surface area contributed by atoms with E-state index in [4.69, 9.17) is 16.3 Å². The third-order valence-electron chi connectivity index (χ3n) is 7.95. The van der Waals surface area contributed by atoms with E-state index in [0.717, 1.165) is 30.4 Å². The van der Waals surface area contributed by atoms with Crippen molar-refractivity contribution in [1.29, 1.82) is 0 Å². The Hall–Kier alpha value is -2.14. The lowest BCUT2D eigenvalue weighted by atomic mass is 9.46. The number of rotatable bonds is 4. The van der Waals surface area contributed by atoms with E-state index in [1.165, 1.54) is 0 Å². The van der Waals surface area contributed by atoms with Crippen LogP contribution in [-0.2, 0) is 9.53 Å². The molecule has 0 aromatic heterocycles. The van der Waals surface area contributed by atoms with E-state index in [0.29, 0.717) is 22.8 Å². The summed E-state index contributed by atoms with van der Waals surface area (Å²) < 4.78 is 5.43. The number of carbonyl (C=O) groups excluding carboxylic acids is 1. The maximum Gasteiger partial charge on any atom is 0.343 e. The molecule has 5 heteroatoms. The van der Waals surface area contributed by atoms with Crippen LogP contribution in [0.15, 0.2) is 66.0 Å². The Labute approximate surface area is 194 Å². The average Bonchev–Trinajstić information content (AvgIpc) is 3.11. The highest BCUT2D eigenvalue weighted by molar-refractivity contribution is 6.30. The van der Waals surface area contributed by atoms with Crippen LogP contribution in [0.25, 0.3) is 6.08 Å². The van der Waals surface area contributed by atoms with Gasteiger partial charge in [-0.1, -0.05) is 61.9 Å². The van der Waals surface area contributed by atoms with E-state index >= 15 is 0 Å². The van der Waals surface area contributed by atoms with Gasteiger partial charge in [0.05, 0.1) is 18.3 Å². The van der Waals surface area contributed by atoms with Crippen LogP contribution < -0.4 is 0 Å². The highest BCUT2D eigenvalue weighted by atomic mass is 35.5. The molecule has 0 amide bonds. The normalized spacial score (nSPS) is 36.3. The summed E-state index contributed by atoms with van der Waals surface area (Å²) in [5.74, 6) is 0.368. The maximum absolute atomic E-state index is 12.4. The molecule has 2 aliphatic carbocycles. The van der Waals surface area contributed by atoms with Crippen LogP contribution in [0.3, 0.4) is 0 Å². The minimum atomic E-state index is -0.528. The first-order valence-electron chi connectivity index (χ1n) is 11.2. The molecule has 32 heavy (non-hydrogen) atoms. The van der Waals surface area contributed by atoms with Crippen LogP contribution in [-0.4, -0.2) is 28.9 Å². The number of aliphatic hydroxyl groups is 2. The zero-order chi connectivity index (χ0) is 23.1. The number of fused-ring (bicyclic) bond motifs is 1. The number of cyclic esters (lactones) is 1. The van der Waals surface area contributed by atoms with Crippen molar-refractivity contribution in [1.82, 2.24) is 0 Å². The van der Waals surface area contributed by atoms with Gasteiger partial charge in [0.1, 0.15) is 5.76 Å². The molecule has 1 aliphatic heterocycles. The molecule has 1 aromatic carbocycles. The average molecular weight is 455 g/mol. The van der Waals surface area contributed by atoms with Gasteiger partial charge in [-0.2, -0.15) is 0 Å². The molecule has 1 aromatic rings. The number of allylic oxidation sites excluding steroid dienone is 3. The molecule has 0 unspecified atom stereocenters. The zero-order valence-corrected chi connectivity index (χ0v) is 19.4. The molecule has 2 saturated carbocycles. The smallest absolute Gasteiger partial charge is 0.343 e. The van der Waals surface area contributed by atoms with Crippen molar-refractivity contribution >= 4 is 23.6 Å². The van der Waals surface area contributed by atoms with E-state index in [-0.39, 0.29) is 29.8 Å². The molecule has 170 valence electrons. The third kappa shape index (κ3) is 4.00. The molecule has 0 bridgehead atoms. The minimum absolute atomic E-state index is 0.0341. The molecule has 2 fully saturated rings. The zero-order valence-electron chi connectivity index (χ0n) is 18.7.